The topological polar surface area (TPSA) is 83.7 Å². The zero-order valence-electron chi connectivity index (χ0n) is 19.9. The molecule has 2 heterocycles. The summed E-state index contributed by atoms with van der Waals surface area (Å²) in [4.78, 5) is 21.5. The van der Waals surface area contributed by atoms with Crippen LogP contribution in [0.3, 0.4) is 0 Å². The van der Waals surface area contributed by atoms with E-state index in [2.05, 4.69) is 32.5 Å². The van der Waals surface area contributed by atoms with Gasteiger partial charge in [0.15, 0.2) is 0 Å². The first-order valence-corrected chi connectivity index (χ1v) is 12.6. The maximum Gasteiger partial charge on any atom is 0.322 e. The number of halogens is 1. The molecule has 0 unspecified atom stereocenters. The molecule has 1 saturated carbocycles. The van der Waals surface area contributed by atoms with Crippen molar-refractivity contribution in [3.05, 3.63) is 53.4 Å². The standard InChI is InChI=1S/C26H30ClN5O3/c1-34-23-12-9-20(27)17-22(23)28-26(33)32-15-13-31(14-16-32)21-10-7-18(8-11-21)24-29-25(35-30-24)19-5-3-2-4-6-19/h7-12,17,19H,2-6,13-16H2,1H3,(H,28,33). The van der Waals surface area contributed by atoms with E-state index < -0.39 is 0 Å². The Hall–Kier alpha value is -3.26. The Morgan fingerprint density at radius 3 is 2.51 bits per heavy atom. The molecule has 35 heavy (non-hydrogen) atoms. The second kappa shape index (κ2) is 10.6. The van der Waals surface area contributed by atoms with Crippen molar-refractivity contribution in [2.45, 2.75) is 38.0 Å². The highest BCUT2D eigenvalue weighted by Gasteiger charge is 2.24. The Kier molecular flexibility index (Phi) is 7.08. The first-order valence-electron chi connectivity index (χ1n) is 12.2. The van der Waals surface area contributed by atoms with Crippen molar-refractivity contribution in [2.75, 3.05) is 43.5 Å². The van der Waals surface area contributed by atoms with Crippen LogP contribution in [-0.4, -0.2) is 54.4 Å². The average molecular weight is 496 g/mol. The molecule has 0 atom stereocenters. The number of ether oxygens (including phenoxy) is 1. The number of anilines is 2. The van der Waals surface area contributed by atoms with Gasteiger partial charge in [-0.05, 0) is 55.3 Å². The highest BCUT2D eigenvalue weighted by Crippen LogP contribution is 2.33. The lowest BCUT2D eigenvalue weighted by atomic mass is 9.89. The summed E-state index contributed by atoms with van der Waals surface area (Å²) < 4.78 is 10.9. The molecule has 5 rings (SSSR count). The van der Waals surface area contributed by atoms with Gasteiger partial charge in [0.2, 0.25) is 11.7 Å². The van der Waals surface area contributed by atoms with Gasteiger partial charge in [0, 0.05) is 48.4 Å². The van der Waals surface area contributed by atoms with Gasteiger partial charge in [-0.15, -0.1) is 0 Å². The van der Waals surface area contributed by atoms with Gasteiger partial charge in [-0.25, -0.2) is 4.79 Å². The number of carbonyl (C=O) groups excluding carboxylic acids is 1. The summed E-state index contributed by atoms with van der Waals surface area (Å²) in [5.41, 5.74) is 2.63. The number of aromatic nitrogens is 2. The third-order valence-electron chi connectivity index (χ3n) is 6.86. The Morgan fingerprint density at radius 2 is 1.80 bits per heavy atom. The summed E-state index contributed by atoms with van der Waals surface area (Å²) in [6.45, 7) is 2.72. The molecule has 8 nitrogen and oxygen atoms in total. The fourth-order valence-electron chi connectivity index (χ4n) is 4.83. The van der Waals surface area contributed by atoms with E-state index in [1.54, 1.807) is 30.2 Å². The maximum absolute atomic E-state index is 12.8. The molecule has 1 saturated heterocycles. The van der Waals surface area contributed by atoms with Crippen LogP contribution in [0.2, 0.25) is 5.02 Å². The van der Waals surface area contributed by atoms with Crippen LogP contribution in [0.15, 0.2) is 47.0 Å². The number of rotatable bonds is 5. The quantitative estimate of drug-likeness (QED) is 0.481. The summed E-state index contributed by atoms with van der Waals surface area (Å²) in [6, 6.07) is 13.2. The van der Waals surface area contributed by atoms with Crippen molar-refractivity contribution in [3.63, 3.8) is 0 Å². The number of hydrogen-bond acceptors (Lipinski definition) is 6. The van der Waals surface area contributed by atoms with Gasteiger partial charge in [0.1, 0.15) is 5.75 Å². The lowest BCUT2D eigenvalue weighted by Gasteiger charge is -2.36. The second-order valence-electron chi connectivity index (χ2n) is 9.09. The molecule has 1 aliphatic heterocycles. The molecule has 1 aromatic heterocycles. The predicted molar refractivity (Wildman–Crippen MR) is 136 cm³/mol. The second-order valence-corrected chi connectivity index (χ2v) is 9.52. The molecule has 0 spiro atoms. The van der Waals surface area contributed by atoms with E-state index in [4.69, 9.17) is 20.9 Å². The minimum atomic E-state index is -0.161. The van der Waals surface area contributed by atoms with Crippen molar-refractivity contribution >= 4 is 29.0 Å². The monoisotopic (exact) mass is 495 g/mol. The van der Waals surface area contributed by atoms with Crippen LogP contribution in [0.5, 0.6) is 5.75 Å². The van der Waals surface area contributed by atoms with Gasteiger partial charge < -0.3 is 24.4 Å². The Morgan fingerprint density at radius 1 is 1.06 bits per heavy atom. The number of benzene rings is 2. The van der Waals surface area contributed by atoms with Crippen LogP contribution < -0.4 is 15.0 Å². The molecule has 2 aromatic carbocycles. The average Bonchev–Trinajstić information content (AvgIpc) is 3.40. The number of piperazine rings is 1. The van der Waals surface area contributed by atoms with Gasteiger partial charge in [-0.1, -0.05) is 36.0 Å². The van der Waals surface area contributed by atoms with Gasteiger partial charge in [-0.3, -0.25) is 0 Å². The number of nitrogens with one attached hydrogen (secondary N) is 1. The van der Waals surface area contributed by atoms with Crippen LogP contribution in [0.25, 0.3) is 11.4 Å². The fraction of sp³-hybridized carbons (Fsp3) is 0.423. The molecule has 1 aliphatic carbocycles. The fourth-order valence-corrected chi connectivity index (χ4v) is 5.00. The Labute approximate surface area is 210 Å². The highest BCUT2D eigenvalue weighted by molar-refractivity contribution is 6.31. The van der Waals surface area contributed by atoms with Crippen molar-refractivity contribution in [3.8, 4) is 17.1 Å². The van der Waals surface area contributed by atoms with Crippen LogP contribution in [0.1, 0.15) is 43.9 Å². The van der Waals surface area contributed by atoms with Gasteiger partial charge in [0.25, 0.3) is 0 Å². The summed E-state index contributed by atoms with van der Waals surface area (Å²) in [7, 11) is 1.57. The highest BCUT2D eigenvalue weighted by atomic mass is 35.5. The number of nitrogens with zero attached hydrogens (tertiary/aromatic N) is 4. The first kappa shape index (κ1) is 23.5. The SMILES string of the molecule is COc1ccc(Cl)cc1NC(=O)N1CCN(c2ccc(-c3noc(C4CCCCC4)n3)cc2)CC1. The van der Waals surface area contributed by atoms with Crippen LogP contribution in [0.4, 0.5) is 16.2 Å². The molecule has 2 fully saturated rings. The molecule has 0 radical (unpaired) electrons. The maximum atomic E-state index is 12.8. The van der Waals surface area contributed by atoms with Crippen molar-refractivity contribution in [2.24, 2.45) is 0 Å². The summed E-state index contributed by atoms with van der Waals surface area (Å²) in [5.74, 6) is 2.40. The lowest BCUT2D eigenvalue weighted by molar-refractivity contribution is 0.208. The third kappa shape index (κ3) is 5.37. The van der Waals surface area contributed by atoms with Crippen LogP contribution in [0, 0.1) is 0 Å². The van der Waals surface area contributed by atoms with E-state index in [9.17, 15) is 4.79 Å². The molecule has 9 heteroatoms. The van der Waals surface area contributed by atoms with Gasteiger partial charge in [0.05, 0.1) is 12.8 Å². The molecular formula is C26H30ClN5O3. The number of urea groups is 1. The first-order chi connectivity index (χ1) is 17.1. The normalized spacial score (nSPS) is 16.9. The van der Waals surface area contributed by atoms with E-state index in [-0.39, 0.29) is 6.03 Å². The smallest absolute Gasteiger partial charge is 0.322 e. The predicted octanol–water partition coefficient (Wildman–Crippen LogP) is 5.80. The van der Waals surface area contributed by atoms with Crippen molar-refractivity contribution in [1.82, 2.24) is 15.0 Å². The molecule has 1 N–H and O–H groups in total. The van der Waals surface area contributed by atoms with E-state index in [1.165, 1.54) is 19.3 Å². The van der Waals surface area contributed by atoms with E-state index in [1.807, 2.05) is 12.1 Å². The van der Waals surface area contributed by atoms with E-state index >= 15 is 0 Å². The van der Waals surface area contributed by atoms with E-state index in [0.717, 1.165) is 43.1 Å². The summed E-state index contributed by atoms with van der Waals surface area (Å²) in [5, 5.41) is 7.67. The molecule has 2 amide bonds. The van der Waals surface area contributed by atoms with Crippen LogP contribution >= 0.6 is 11.6 Å². The number of amides is 2. The molecule has 3 aromatic rings. The minimum absolute atomic E-state index is 0.161. The minimum Gasteiger partial charge on any atom is -0.495 e. The van der Waals surface area contributed by atoms with Gasteiger partial charge >= 0.3 is 6.03 Å². The van der Waals surface area contributed by atoms with Crippen LogP contribution in [-0.2, 0) is 0 Å². The van der Waals surface area contributed by atoms with Crippen molar-refractivity contribution in [1.29, 1.82) is 0 Å². The molecule has 184 valence electrons. The lowest BCUT2D eigenvalue weighted by Crippen LogP contribution is -2.50. The molecular weight excluding hydrogens is 466 g/mol. The molecule has 2 aliphatic rings. The number of methoxy groups -OCH3 is 1. The summed E-state index contributed by atoms with van der Waals surface area (Å²) >= 11 is 6.08. The zero-order valence-corrected chi connectivity index (χ0v) is 20.6. The molecule has 0 bridgehead atoms. The Bertz CT molecular complexity index is 1150. The van der Waals surface area contributed by atoms with Gasteiger partial charge in [-0.2, -0.15) is 4.98 Å². The summed E-state index contributed by atoms with van der Waals surface area (Å²) in [6.07, 6.45) is 6.05. The van der Waals surface area contributed by atoms with Crippen molar-refractivity contribution < 1.29 is 14.1 Å². The third-order valence-corrected chi connectivity index (χ3v) is 7.09. The zero-order chi connectivity index (χ0) is 24.2. The number of carbonyl (C=O) groups is 1. The number of hydrogen-bond donors (Lipinski definition) is 1. The largest absolute Gasteiger partial charge is 0.495 e. The Balaban J connectivity index is 1.17. The van der Waals surface area contributed by atoms with E-state index in [0.29, 0.717) is 41.3 Å².